The van der Waals surface area contributed by atoms with Crippen LogP contribution in [0, 0.1) is 6.92 Å². The van der Waals surface area contributed by atoms with Gasteiger partial charge in [0.25, 0.3) is 5.91 Å². The van der Waals surface area contributed by atoms with Crippen LogP contribution in [0.2, 0.25) is 0 Å². The molecule has 7 nitrogen and oxygen atoms in total. The molecule has 1 aromatic heterocycles. The number of esters is 2. The number of hydrogen-bond donors (Lipinski definition) is 1. The monoisotopic (exact) mass is 377 g/mol. The molecule has 0 unspecified atom stereocenters. The number of hydrogen-bond acceptors (Lipinski definition) is 7. The standard InChI is InChI=1S/C18H19NO6S/c1-4-24-18(22)16-11(2)9-15(26-16)19-14(20)10-25-13-7-5-12(6-8-13)17(21)23-3/h5-9H,4,10H2,1-3H3,(H,19,20). The molecule has 8 heteroatoms. The molecule has 2 aromatic rings. The predicted octanol–water partition coefficient (Wildman–Crippen LogP) is 3.04. The summed E-state index contributed by atoms with van der Waals surface area (Å²) in [7, 11) is 1.30. The molecule has 0 aliphatic carbocycles. The number of carbonyl (C=O) groups is 3. The van der Waals surface area contributed by atoms with Gasteiger partial charge in [0.15, 0.2) is 6.61 Å². The van der Waals surface area contributed by atoms with Gasteiger partial charge < -0.3 is 19.5 Å². The summed E-state index contributed by atoms with van der Waals surface area (Å²) in [5.74, 6) is -0.765. The fourth-order valence-electron chi connectivity index (χ4n) is 2.07. The van der Waals surface area contributed by atoms with E-state index in [-0.39, 0.29) is 12.5 Å². The molecule has 0 saturated carbocycles. The number of methoxy groups -OCH3 is 1. The highest BCUT2D eigenvalue weighted by Crippen LogP contribution is 2.27. The molecule has 0 saturated heterocycles. The third-order valence-corrected chi connectivity index (χ3v) is 4.42. The summed E-state index contributed by atoms with van der Waals surface area (Å²) in [6.45, 7) is 3.60. The molecule has 2 rings (SSSR count). The zero-order valence-corrected chi connectivity index (χ0v) is 15.5. The summed E-state index contributed by atoms with van der Waals surface area (Å²) in [5.41, 5.74) is 1.13. The first-order valence-electron chi connectivity index (χ1n) is 7.83. The number of aryl methyl sites for hydroxylation is 1. The molecule has 1 aromatic carbocycles. The SMILES string of the molecule is CCOC(=O)c1sc(NC(=O)COc2ccc(C(=O)OC)cc2)cc1C. The van der Waals surface area contributed by atoms with E-state index in [1.807, 2.05) is 0 Å². The topological polar surface area (TPSA) is 90.9 Å². The minimum Gasteiger partial charge on any atom is -0.484 e. The van der Waals surface area contributed by atoms with Gasteiger partial charge in [-0.05, 0) is 49.7 Å². The van der Waals surface area contributed by atoms with Crippen molar-refractivity contribution in [2.75, 3.05) is 25.6 Å². The van der Waals surface area contributed by atoms with Crippen LogP contribution in [0.1, 0.15) is 32.5 Å². The van der Waals surface area contributed by atoms with Gasteiger partial charge >= 0.3 is 11.9 Å². The largest absolute Gasteiger partial charge is 0.484 e. The highest BCUT2D eigenvalue weighted by atomic mass is 32.1. The quantitative estimate of drug-likeness (QED) is 0.746. The van der Waals surface area contributed by atoms with Crippen LogP contribution < -0.4 is 10.1 Å². The predicted molar refractivity (Wildman–Crippen MR) is 96.9 cm³/mol. The van der Waals surface area contributed by atoms with Crippen LogP contribution in [0.15, 0.2) is 30.3 Å². The van der Waals surface area contributed by atoms with Gasteiger partial charge in [-0.2, -0.15) is 0 Å². The molecular weight excluding hydrogens is 358 g/mol. The van der Waals surface area contributed by atoms with E-state index in [9.17, 15) is 14.4 Å². The molecule has 0 radical (unpaired) electrons. The third kappa shape index (κ3) is 5.06. The smallest absolute Gasteiger partial charge is 0.348 e. The van der Waals surface area contributed by atoms with Crippen molar-refractivity contribution in [1.29, 1.82) is 0 Å². The summed E-state index contributed by atoms with van der Waals surface area (Å²) in [6.07, 6.45) is 0. The number of nitrogens with one attached hydrogen (secondary N) is 1. The van der Waals surface area contributed by atoms with Crippen LogP contribution >= 0.6 is 11.3 Å². The van der Waals surface area contributed by atoms with Crippen LogP contribution in [-0.4, -0.2) is 38.2 Å². The molecule has 0 atom stereocenters. The fraction of sp³-hybridized carbons (Fsp3) is 0.278. The van der Waals surface area contributed by atoms with Gasteiger partial charge in [-0.15, -0.1) is 11.3 Å². The van der Waals surface area contributed by atoms with Gasteiger partial charge in [0.1, 0.15) is 10.6 Å². The molecular formula is C18H19NO6S. The Bertz CT molecular complexity index is 797. The molecule has 138 valence electrons. The normalized spacial score (nSPS) is 10.1. The second-order valence-corrected chi connectivity index (χ2v) is 6.25. The van der Waals surface area contributed by atoms with E-state index in [1.54, 1.807) is 44.2 Å². The van der Waals surface area contributed by atoms with E-state index in [0.29, 0.717) is 27.8 Å². The lowest BCUT2D eigenvalue weighted by molar-refractivity contribution is -0.118. The number of ether oxygens (including phenoxy) is 3. The maximum Gasteiger partial charge on any atom is 0.348 e. The van der Waals surface area contributed by atoms with Crippen LogP contribution in [0.25, 0.3) is 0 Å². The van der Waals surface area contributed by atoms with Gasteiger partial charge in [0.05, 0.1) is 24.3 Å². The number of carbonyl (C=O) groups excluding carboxylic acids is 3. The summed E-state index contributed by atoms with van der Waals surface area (Å²) < 4.78 is 15.0. The Morgan fingerprint density at radius 3 is 2.42 bits per heavy atom. The van der Waals surface area contributed by atoms with E-state index in [1.165, 1.54) is 7.11 Å². The highest BCUT2D eigenvalue weighted by molar-refractivity contribution is 7.18. The zero-order chi connectivity index (χ0) is 19.1. The van der Waals surface area contributed by atoms with E-state index >= 15 is 0 Å². The van der Waals surface area contributed by atoms with E-state index in [0.717, 1.165) is 16.9 Å². The summed E-state index contributed by atoms with van der Waals surface area (Å²) in [6, 6.07) is 7.96. The van der Waals surface area contributed by atoms with Gasteiger partial charge in [0.2, 0.25) is 0 Å². The van der Waals surface area contributed by atoms with E-state index in [2.05, 4.69) is 10.1 Å². The number of thiophene rings is 1. The molecule has 1 heterocycles. The Labute approximate surface area is 154 Å². The Balaban J connectivity index is 1.90. The average Bonchev–Trinajstić information content (AvgIpc) is 3.00. The first kappa shape index (κ1) is 19.5. The Morgan fingerprint density at radius 1 is 1.12 bits per heavy atom. The molecule has 0 aliphatic heterocycles. The van der Waals surface area contributed by atoms with Crippen molar-refractivity contribution in [2.45, 2.75) is 13.8 Å². The lowest BCUT2D eigenvalue weighted by atomic mass is 10.2. The van der Waals surface area contributed by atoms with Crippen molar-refractivity contribution in [3.8, 4) is 5.75 Å². The Morgan fingerprint density at radius 2 is 1.81 bits per heavy atom. The van der Waals surface area contributed by atoms with Gasteiger partial charge in [0, 0.05) is 0 Å². The highest BCUT2D eigenvalue weighted by Gasteiger charge is 2.16. The van der Waals surface area contributed by atoms with Crippen LogP contribution in [0.4, 0.5) is 5.00 Å². The first-order valence-corrected chi connectivity index (χ1v) is 8.64. The summed E-state index contributed by atoms with van der Waals surface area (Å²) in [5, 5.41) is 3.22. The Kier molecular flexibility index (Phi) is 6.74. The van der Waals surface area contributed by atoms with Crippen LogP contribution in [-0.2, 0) is 14.3 Å². The lowest BCUT2D eigenvalue weighted by Crippen LogP contribution is -2.19. The van der Waals surface area contributed by atoms with E-state index < -0.39 is 11.9 Å². The fourth-order valence-corrected chi connectivity index (χ4v) is 3.05. The van der Waals surface area contributed by atoms with Crippen molar-refractivity contribution in [1.82, 2.24) is 0 Å². The summed E-state index contributed by atoms with van der Waals surface area (Å²) >= 11 is 1.15. The van der Waals surface area contributed by atoms with Gasteiger partial charge in [-0.1, -0.05) is 0 Å². The maximum atomic E-state index is 12.0. The molecule has 0 aliphatic rings. The number of amides is 1. The number of benzene rings is 1. The van der Waals surface area contributed by atoms with Gasteiger partial charge in [-0.25, -0.2) is 9.59 Å². The minimum absolute atomic E-state index is 0.205. The van der Waals surface area contributed by atoms with Crippen molar-refractivity contribution < 1.29 is 28.6 Å². The van der Waals surface area contributed by atoms with Crippen LogP contribution in [0.5, 0.6) is 5.75 Å². The molecule has 26 heavy (non-hydrogen) atoms. The second kappa shape index (κ2) is 9.00. The molecule has 0 fully saturated rings. The lowest BCUT2D eigenvalue weighted by Gasteiger charge is -2.07. The van der Waals surface area contributed by atoms with Crippen LogP contribution in [0.3, 0.4) is 0 Å². The average molecular weight is 377 g/mol. The molecule has 1 amide bonds. The molecule has 1 N–H and O–H groups in total. The van der Waals surface area contributed by atoms with Crippen molar-refractivity contribution in [2.24, 2.45) is 0 Å². The van der Waals surface area contributed by atoms with Crippen molar-refractivity contribution in [3.05, 3.63) is 46.3 Å². The van der Waals surface area contributed by atoms with Gasteiger partial charge in [-0.3, -0.25) is 4.79 Å². The van der Waals surface area contributed by atoms with E-state index in [4.69, 9.17) is 9.47 Å². The Hall–Kier alpha value is -2.87. The number of anilines is 1. The minimum atomic E-state index is -0.445. The summed E-state index contributed by atoms with van der Waals surface area (Å²) in [4.78, 5) is 35.6. The van der Waals surface area contributed by atoms with Crippen molar-refractivity contribution >= 4 is 34.2 Å². The first-order chi connectivity index (χ1) is 12.4. The maximum absolute atomic E-state index is 12.0. The third-order valence-electron chi connectivity index (χ3n) is 3.29. The molecule has 0 spiro atoms. The van der Waals surface area contributed by atoms with Crippen molar-refractivity contribution in [3.63, 3.8) is 0 Å². The zero-order valence-electron chi connectivity index (χ0n) is 14.7. The second-order valence-electron chi connectivity index (χ2n) is 5.20. The number of rotatable bonds is 7. The molecule has 0 bridgehead atoms.